The van der Waals surface area contributed by atoms with Crippen molar-refractivity contribution in [2.75, 3.05) is 26.2 Å². The molecule has 5 nitrogen and oxygen atoms in total. The zero-order chi connectivity index (χ0) is 20.4. The van der Waals surface area contributed by atoms with Gasteiger partial charge in [-0.05, 0) is 56.7 Å². The Morgan fingerprint density at radius 1 is 0.926 bits per heavy atom. The van der Waals surface area contributed by atoms with Crippen molar-refractivity contribution in [1.82, 2.24) is 15.1 Å². The minimum atomic E-state index is -0.259. The van der Waals surface area contributed by atoms with E-state index in [2.05, 4.69) is 38.2 Å². The first-order valence-corrected chi connectivity index (χ1v) is 9.86. The summed E-state index contributed by atoms with van der Waals surface area (Å²) in [4.78, 5) is 29.1. The van der Waals surface area contributed by atoms with Gasteiger partial charge in [0, 0.05) is 37.3 Å². The van der Waals surface area contributed by atoms with Gasteiger partial charge >= 0.3 is 6.03 Å². The number of rotatable bonds is 1. The van der Waals surface area contributed by atoms with E-state index in [9.17, 15) is 9.59 Å². The first-order chi connectivity index (χ1) is 12.4. The number of nitrogens with one attached hydrogen (secondary N) is 1. The summed E-state index contributed by atoms with van der Waals surface area (Å²) >= 11 is 0. The Kier molecular flexibility index (Phi) is 6.23. The first kappa shape index (κ1) is 21.3. The van der Waals surface area contributed by atoms with E-state index in [-0.39, 0.29) is 22.9 Å². The van der Waals surface area contributed by atoms with Gasteiger partial charge in [-0.3, -0.25) is 4.79 Å². The van der Waals surface area contributed by atoms with Gasteiger partial charge in [-0.1, -0.05) is 32.9 Å². The van der Waals surface area contributed by atoms with E-state index in [4.69, 9.17) is 0 Å². The van der Waals surface area contributed by atoms with Gasteiger partial charge in [0.25, 0.3) is 5.91 Å². The molecule has 1 fully saturated rings. The molecule has 5 heteroatoms. The van der Waals surface area contributed by atoms with Gasteiger partial charge in [-0.2, -0.15) is 0 Å². The van der Waals surface area contributed by atoms with Crippen LogP contribution < -0.4 is 5.32 Å². The molecule has 1 aromatic rings. The van der Waals surface area contributed by atoms with Crippen LogP contribution in [0, 0.1) is 6.92 Å². The van der Waals surface area contributed by atoms with Crippen LogP contribution in [0.2, 0.25) is 0 Å². The fourth-order valence-electron chi connectivity index (χ4n) is 3.26. The summed E-state index contributed by atoms with van der Waals surface area (Å²) in [6, 6.07) is 6.07. The molecular formula is C22H35N3O2. The Bertz CT molecular complexity index is 698. The summed E-state index contributed by atoms with van der Waals surface area (Å²) in [7, 11) is 0. The molecular weight excluding hydrogens is 338 g/mol. The third-order valence-electron chi connectivity index (χ3n) is 4.88. The van der Waals surface area contributed by atoms with E-state index in [1.165, 1.54) is 5.56 Å². The molecule has 27 heavy (non-hydrogen) atoms. The van der Waals surface area contributed by atoms with Crippen molar-refractivity contribution in [1.29, 1.82) is 0 Å². The topological polar surface area (TPSA) is 52.7 Å². The summed E-state index contributed by atoms with van der Waals surface area (Å²) in [5.74, 6) is 0.0611. The van der Waals surface area contributed by atoms with E-state index in [1.54, 1.807) is 0 Å². The fraction of sp³-hybridized carbons (Fsp3) is 0.636. The lowest BCUT2D eigenvalue weighted by molar-refractivity contribution is 0.0761. The third-order valence-corrected chi connectivity index (χ3v) is 4.88. The molecule has 0 spiro atoms. The smallest absolute Gasteiger partial charge is 0.317 e. The van der Waals surface area contributed by atoms with Crippen LogP contribution in [-0.4, -0.2) is 53.5 Å². The summed E-state index contributed by atoms with van der Waals surface area (Å²) < 4.78 is 0. The largest absolute Gasteiger partial charge is 0.337 e. The molecule has 1 heterocycles. The van der Waals surface area contributed by atoms with Crippen LogP contribution in [-0.2, 0) is 5.41 Å². The first-order valence-electron chi connectivity index (χ1n) is 9.86. The van der Waals surface area contributed by atoms with Crippen molar-refractivity contribution >= 4 is 11.9 Å². The molecule has 1 aliphatic heterocycles. The van der Waals surface area contributed by atoms with Crippen molar-refractivity contribution in [3.05, 3.63) is 34.9 Å². The molecule has 0 radical (unpaired) electrons. The van der Waals surface area contributed by atoms with Gasteiger partial charge in [0.1, 0.15) is 0 Å². The molecule has 0 atom stereocenters. The van der Waals surface area contributed by atoms with Gasteiger partial charge in [0.05, 0.1) is 0 Å². The minimum absolute atomic E-state index is 0.0532. The maximum Gasteiger partial charge on any atom is 0.317 e. The zero-order valence-corrected chi connectivity index (χ0v) is 18.0. The lowest BCUT2D eigenvalue weighted by Gasteiger charge is -2.27. The number of amides is 3. The lowest BCUT2D eigenvalue weighted by Crippen LogP contribution is -2.49. The Morgan fingerprint density at radius 2 is 1.52 bits per heavy atom. The van der Waals surface area contributed by atoms with E-state index in [0.29, 0.717) is 26.2 Å². The molecule has 1 N–H and O–H groups in total. The quantitative estimate of drug-likeness (QED) is 0.810. The molecule has 1 aromatic carbocycles. The molecule has 150 valence electrons. The molecule has 0 aliphatic carbocycles. The zero-order valence-electron chi connectivity index (χ0n) is 18.0. The summed E-state index contributed by atoms with van der Waals surface area (Å²) in [5, 5.41) is 3.01. The van der Waals surface area contributed by atoms with Crippen LogP contribution in [0.1, 0.15) is 69.4 Å². The van der Waals surface area contributed by atoms with Crippen LogP contribution in [0.4, 0.5) is 4.79 Å². The Balaban J connectivity index is 2.07. The van der Waals surface area contributed by atoms with Crippen LogP contribution >= 0.6 is 0 Å². The molecule has 1 saturated heterocycles. The monoisotopic (exact) mass is 373 g/mol. The third kappa shape index (κ3) is 5.72. The number of carbonyl (C=O) groups is 2. The van der Waals surface area contributed by atoms with Crippen LogP contribution in [0.25, 0.3) is 0 Å². The predicted octanol–water partition coefficient (Wildman–Crippen LogP) is 3.95. The highest BCUT2D eigenvalue weighted by Gasteiger charge is 2.26. The van der Waals surface area contributed by atoms with Crippen molar-refractivity contribution in [2.45, 2.75) is 65.8 Å². The van der Waals surface area contributed by atoms with Gasteiger partial charge in [0.15, 0.2) is 0 Å². The number of hydrogen-bond acceptors (Lipinski definition) is 2. The molecule has 0 unspecified atom stereocenters. The second-order valence-corrected chi connectivity index (χ2v) is 9.59. The van der Waals surface area contributed by atoms with E-state index < -0.39 is 0 Å². The predicted molar refractivity (Wildman–Crippen MR) is 110 cm³/mol. The lowest BCUT2D eigenvalue weighted by atomic mass is 9.85. The molecule has 0 aromatic heterocycles. The molecule has 0 saturated carbocycles. The summed E-state index contributed by atoms with van der Waals surface area (Å²) in [6.45, 7) is 16.9. The Morgan fingerprint density at radius 3 is 2.07 bits per heavy atom. The van der Waals surface area contributed by atoms with E-state index in [0.717, 1.165) is 17.5 Å². The van der Waals surface area contributed by atoms with Gasteiger partial charge < -0.3 is 15.1 Å². The number of aryl methyl sites for hydroxylation is 1. The second kappa shape index (κ2) is 7.91. The van der Waals surface area contributed by atoms with Gasteiger partial charge in [-0.15, -0.1) is 0 Å². The number of benzene rings is 1. The van der Waals surface area contributed by atoms with Crippen LogP contribution in [0.5, 0.6) is 0 Å². The van der Waals surface area contributed by atoms with Crippen molar-refractivity contribution in [3.8, 4) is 0 Å². The van der Waals surface area contributed by atoms with Gasteiger partial charge in [0.2, 0.25) is 0 Å². The maximum absolute atomic E-state index is 13.0. The standard InChI is InChI=1S/C22H35N3O2/c1-16-15-17(21(2,3)4)9-10-18(16)19(26)24-11-8-12-25(14-13-24)20(27)23-22(5,6)7/h9-10,15H,8,11-14H2,1-7H3,(H,23,27). The number of nitrogens with zero attached hydrogens (tertiary/aromatic N) is 2. The highest BCUT2D eigenvalue weighted by molar-refractivity contribution is 5.95. The molecule has 3 amide bonds. The van der Waals surface area contributed by atoms with Crippen LogP contribution in [0.15, 0.2) is 18.2 Å². The highest BCUT2D eigenvalue weighted by Crippen LogP contribution is 2.25. The molecule has 2 rings (SSSR count). The summed E-state index contributed by atoms with van der Waals surface area (Å²) in [5.41, 5.74) is 2.81. The minimum Gasteiger partial charge on any atom is -0.337 e. The molecule has 0 bridgehead atoms. The van der Waals surface area contributed by atoms with Crippen molar-refractivity contribution in [3.63, 3.8) is 0 Å². The fourth-order valence-corrected chi connectivity index (χ4v) is 3.26. The highest BCUT2D eigenvalue weighted by atomic mass is 16.2. The SMILES string of the molecule is Cc1cc(C(C)(C)C)ccc1C(=O)N1CCCN(C(=O)NC(C)(C)C)CC1. The number of carbonyl (C=O) groups excluding carboxylic acids is 2. The van der Waals surface area contributed by atoms with Crippen LogP contribution in [0.3, 0.4) is 0 Å². The number of urea groups is 1. The van der Waals surface area contributed by atoms with Gasteiger partial charge in [-0.25, -0.2) is 4.79 Å². The average Bonchev–Trinajstić information content (AvgIpc) is 2.77. The second-order valence-electron chi connectivity index (χ2n) is 9.59. The van der Waals surface area contributed by atoms with E-state index >= 15 is 0 Å². The van der Waals surface area contributed by atoms with E-state index in [1.807, 2.05) is 43.6 Å². The summed E-state index contributed by atoms with van der Waals surface area (Å²) in [6.07, 6.45) is 0.794. The Hall–Kier alpha value is -2.04. The normalized spacial score (nSPS) is 16.1. The average molecular weight is 374 g/mol. The van der Waals surface area contributed by atoms with Crippen molar-refractivity contribution in [2.24, 2.45) is 0 Å². The van der Waals surface area contributed by atoms with Crippen molar-refractivity contribution < 1.29 is 9.59 Å². The Labute approximate surface area is 164 Å². The maximum atomic E-state index is 13.0. The molecule has 1 aliphatic rings. The number of hydrogen-bond donors (Lipinski definition) is 1.